The van der Waals surface area contributed by atoms with E-state index in [2.05, 4.69) is 20.0 Å². The molecule has 1 aromatic carbocycles. The lowest BCUT2D eigenvalue weighted by Crippen LogP contribution is -2.46. The minimum atomic E-state index is -0.321. The SMILES string of the molecule is CCOc1nnc(CN2CCN(c3ccccc3[N+](=O)[O-])CC2)s1. The van der Waals surface area contributed by atoms with Crippen LogP contribution in [0.25, 0.3) is 0 Å². The molecule has 0 aliphatic carbocycles. The first-order valence-corrected chi connectivity index (χ1v) is 8.65. The standard InChI is InChI=1S/C15H19N5O3S/c1-2-23-15-17-16-14(24-15)11-18-7-9-19(10-8-18)12-5-3-4-6-13(12)20(21)22/h3-6H,2,7-11H2,1H3. The molecule has 0 atom stereocenters. The zero-order valence-electron chi connectivity index (χ0n) is 13.4. The van der Waals surface area contributed by atoms with Gasteiger partial charge in [0.05, 0.1) is 18.1 Å². The Morgan fingerprint density at radius 3 is 2.71 bits per heavy atom. The second-order valence-electron chi connectivity index (χ2n) is 5.40. The minimum absolute atomic E-state index is 0.163. The summed E-state index contributed by atoms with van der Waals surface area (Å²) < 4.78 is 5.34. The Kier molecular flexibility index (Phi) is 5.21. The third-order valence-corrected chi connectivity index (χ3v) is 4.69. The van der Waals surface area contributed by atoms with E-state index in [9.17, 15) is 10.1 Å². The first-order chi connectivity index (χ1) is 11.7. The quantitative estimate of drug-likeness (QED) is 0.583. The lowest BCUT2D eigenvalue weighted by atomic mass is 10.2. The van der Waals surface area contributed by atoms with Gasteiger partial charge in [0.2, 0.25) is 0 Å². The Morgan fingerprint density at radius 1 is 1.25 bits per heavy atom. The number of para-hydroxylation sites is 2. The maximum Gasteiger partial charge on any atom is 0.294 e. The second-order valence-corrected chi connectivity index (χ2v) is 6.43. The summed E-state index contributed by atoms with van der Waals surface area (Å²) in [6, 6.07) is 6.90. The lowest BCUT2D eigenvalue weighted by Gasteiger charge is -2.35. The topological polar surface area (TPSA) is 84.6 Å². The van der Waals surface area contributed by atoms with Gasteiger partial charge in [0.15, 0.2) is 0 Å². The van der Waals surface area contributed by atoms with Crippen LogP contribution < -0.4 is 9.64 Å². The van der Waals surface area contributed by atoms with Crippen LogP contribution in [0.15, 0.2) is 24.3 Å². The highest BCUT2D eigenvalue weighted by molar-refractivity contribution is 7.13. The fourth-order valence-corrected chi connectivity index (χ4v) is 3.50. The van der Waals surface area contributed by atoms with Crippen molar-refractivity contribution in [3.63, 3.8) is 0 Å². The van der Waals surface area contributed by atoms with Crippen molar-refractivity contribution in [3.05, 3.63) is 39.4 Å². The van der Waals surface area contributed by atoms with Gasteiger partial charge in [-0.3, -0.25) is 15.0 Å². The molecule has 128 valence electrons. The van der Waals surface area contributed by atoms with E-state index in [1.165, 1.54) is 11.3 Å². The summed E-state index contributed by atoms with van der Waals surface area (Å²) in [6.07, 6.45) is 0. The Morgan fingerprint density at radius 2 is 2.00 bits per heavy atom. The number of rotatable bonds is 6. The molecule has 0 radical (unpaired) electrons. The van der Waals surface area contributed by atoms with Gasteiger partial charge < -0.3 is 9.64 Å². The average molecular weight is 349 g/mol. The van der Waals surface area contributed by atoms with Crippen LogP contribution in [0.4, 0.5) is 11.4 Å². The number of nitro benzene ring substituents is 1. The van der Waals surface area contributed by atoms with Crippen LogP contribution in [-0.2, 0) is 6.54 Å². The second kappa shape index (κ2) is 7.54. The molecule has 2 heterocycles. The molecule has 1 aliphatic rings. The molecule has 0 spiro atoms. The molecule has 0 unspecified atom stereocenters. The number of nitrogens with zero attached hydrogens (tertiary/aromatic N) is 5. The first-order valence-electron chi connectivity index (χ1n) is 7.83. The molecule has 9 heteroatoms. The van der Waals surface area contributed by atoms with Crippen molar-refractivity contribution in [1.82, 2.24) is 15.1 Å². The Labute approximate surface area is 143 Å². The Balaban J connectivity index is 1.58. The van der Waals surface area contributed by atoms with Crippen molar-refractivity contribution < 1.29 is 9.66 Å². The van der Waals surface area contributed by atoms with Crippen LogP contribution in [0.3, 0.4) is 0 Å². The molecule has 0 amide bonds. The number of aromatic nitrogens is 2. The number of benzene rings is 1. The van der Waals surface area contributed by atoms with E-state index in [0.29, 0.717) is 17.5 Å². The van der Waals surface area contributed by atoms with Gasteiger partial charge in [-0.25, -0.2) is 0 Å². The zero-order chi connectivity index (χ0) is 16.9. The van der Waals surface area contributed by atoms with Crippen LogP contribution in [-0.4, -0.2) is 52.8 Å². The van der Waals surface area contributed by atoms with E-state index in [1.807, 2.05) is 19.1 Å². The number of piperazine rings is 1. The molecule has 0 bridgehead atoms. The van der Waals surface area contributed by atoms with E-state index < -0.39 is 0 Å². The predicted octanol–water partition coefficient (Wildman–Crippen LogP) is 2.17. The zero-order valence-corrected chi connectivity index (χ0v) is 14.2. The molecule has 2 aromatic rings. The van der Waals surface area contributed by atoms with Crippen LogP contribution in [0.5, 0.6) is 5.19 Å². The summed E-state index contributed by atoms with van der Waals surface area (Å²) in [7, 11) is 0. The molecule has 0 saturated carbocycles. The van der Waals surface area contributed by atoms with Crippen LogP contribution in [0.2, 0.25) is 0 Å². The summed E-state index contributed by atoms with van der Waals surface area (Å²) in [5.41, 5.74) is 0.855. The van der Waals surface area contributed by atoms with Crippen molar-refractivity contribution in [1.29, 1.82) is 0 Å². The fraction of sp³-hybridized carbons (Fsp3) is 0.467. The summed E-state index contributed by atoms with van der Waals surface area (Å²) in [6.45, 7) is 6.40. The summed E-state index contributed by atoms with van der Waals surface area (Å²) >= 11 is 1.47. The van der Waals surface area contributed by atoms with Crippen LogP contribution >= 0.6 is 11.3 Å². The number of hydrogen-bond acceptors (Lipinski definition) is 8. The van der Waals surface area contributed by atoms with Gasteiger partial charge in [-0.15, -0.1) is 10.2 Å². The fourth-order valence-electron chi connectivity index (χ4n) is 2.71. The highest BCUT2D eigenvalue weighted by atomic mass is 32.1. The normalized spacial score (nSPS) is 15.5. The van der Waals surface area contributed by atoms with Gasteiger partial charge in [0.25, 0.3) is 10.9 Å². The molecule has 0 N–H and O–H groups in total. The lowest BCUT2D eigenvalue weighted by molar-refractivity contribution is -0.384. The Bertz CT molecular complexity index is 700. The van der Waals surface area contributed by atoms with E-state index >= 15 is 0 Å². The highest BCUT2D eigenvalue weighted by Crippen LogP contribution is 2.28. The first kappa shape index (κ1) is 16.6. The molecule has 3 rings (SSSR count). The number of ether oxygens (including phenoxy) is 1. The maximum absolute atomic E-state index is 11.2. The number of nitro groups is 1. The van der Waals surface area contributed by atoms with Gasteiger partial charge in [0, 0.05) is 32.2 Å². The minimum Gasteiger partial charge on any atom is -0.469 e. The number of anilines is 1. The largest absolute Gasteiger partial charge is 0.469 e. The van der Waals surface area contributed by atoms with Crippen molar-refractivity contribution in [2.75, 3.05) is 37.7 Å². The molecule has 1 aliphatic heterocycles. The van der Waals surface area contributed by atoms with Gasteiger partial charge in [0.1, 0.15) is 10.7 Å². The van der Waals surface area contributed by atoms with E-state index in [-0.39, 0.29) is 10.6 Å². The highest BCUT2D eigenvalue weighted by Gasteiger charge is 2.23. The monoisotopic (exact) mass is 349 g/mol. The van der Waals surface area contributed by atoms with Crippen LogP contribution in [0, 0.1) is 10.1 Å². The Hall–Kier alpha value is -2.26. The van der Waals surface area contributed by atoms with Crippen LogP contribution in [0.1, 0.15) is 11.9 Å². The molecule has 24 heavy (non-hydrogen) atoms. The third kappa shape index (κ3) is 3.80. The molecular weight excluding hydrogens is 330 g/mol. The van der Waals surface area contributed by atoms with Gasteiger partial charge >= 0.3 is 0 Å². The summed E-state index contributed by atoms with van der Waals surface area (Å²) in [4.78, 5) is 15.2. The van der Waals surface area contributed by atoms with Crippen molar-refractivity contribution in [2.24, 2.45) is 0 Å². The van der Waals surface area contributed by atoms with Crippen molar-refractivity contribution in [2.45, 2.75) is 13.5 Å². The van der Waals surface area contributed by atoms with Crippen molar-refractivity contribution >= 4 is 22.7 Å². The molecule has 1 aromatic heterocycles. The number of hydrogen-bond donors (Lipinski definition) is 0. The van der Waals surface area contributed by atoms with E-state index in [1.54, 1.807) is 12.1 Å². The molecular formula is C15H19N5O3S. The summed E-state index contributed by atoms with van der Waals surface area (Å²) in [5, 5.41) is 20.8. The van der Waals surface area contributed by atoms with E-state index in [0.717, 1.165) is 37.7 Å². The maximum atomic E-state index is 11.2. The van der Waals surface area contributed by atoms with Gasteiger partial charge in [-0.05, 0) is 13.0 Å². The van der Waals surface area contributed by atoms with Gasteiger partial charge in [-0.2, -0.15) is 0 Å². The van der Waals surface area contributed by atoms with Gasteiger partial charge in [-0.1, -0.05) is 23.5 Å². The molecule has 1 fully saturated rings. The average Bonchev–Trinajstić information content (AvgIpc) is 3.03. The van der Waals surface area contributed by atoms with E-state index in [4.69, 9.17) is 4.74 Å². The molecule has 1 saturated heterocycles. The smallest absolute Gasteiger partial charge is 0.294 e. The third-order valence-electron chi connectivity index (χ3n) is 3.87. The summed E-state index contributed by atoms with van der Waals surface area (Å²) in [5.74, 6) is 0. The predicted molar refractivity (Wildman–Crippen MR) is 91.7 cm³/mol. The van der Waals surface area contributed by atoms with Crippen molar-refractivity contribution in [3.8, 4) is 5.19 Å². The molecule has 8 nitrogen and oxygen atoms in total.